The smallest absolute Gasteiger partial charge is 0.257 e. The zero-order chi connectivity index (χ0) is 25.3. The highest BCUT2D eigenvalue weighted by Gasteiger charge is 2.33. The van der Waals surface area contributed by atoms with E-state index in [1.165, 1.54) is 44.9 Å². The highest BCUT2D eigenvalue weighted by molar-refractivity contribution is 6.05. The van der Waals surface area contributed by atoms with Crippen LogP contribution in [0.15, 0.2) is 42.5 Å². The zero-order valence-electron chi connectivity index (χ0n) is 21.8. The van der Waals surface area contributed by atoms with Gasteiger partial charge in [-0.2, -0.15) is 0 Å². The van der Waals surface area contributed by atoms with Crippen molar-refractivity contribution in [3.8, 4) is 11.5 Å². The Hall–Kier alpha value is -3.02. The summed E-state index contributed by atoms with van der Waals surface area (Å²) in [6, 6.07) is 12.4. The van der Waals surface area contributed by atoms with Crippen molar-refractivity contribution in [3.63, 3.8) is 0 Å². The average Bonchev–Trinajstić information content (AvgIpc) is 2.92. The van der Waals surface area contributed by atoms with Crippen molar-refractivity contribution in [1.29, 1.82) is 0 Å². The molecule has 6 nitrogen and oxygen atoms in total. The van der Waals surface area contributed by atoms with Crippen molar-refractivity contribution in [3.05, 3.63) is 53.6 Å². The van der Waals surface area contributed by atoms with Crippen molar-refractivity contribution in [2.24, 2.45) is 11.8 Å². The van der Waals surface area contributed by atoms with Crippen molar-refractivity contribution >= 4 is 17.5 Å². The number of fused-ring (bicyclic) bond motifs is 1. The summed E-state index contributed by atoms with van der Waals surface area (Å²) < 4.78 is 11.3. The summed E-state index contributed by atoms with van der Waals surface area (Å²) in [5.74, 6) is 2.44. The molecule has 2 unspecified atom stereocenters. The topological polar surface area (TPSA) is 67.9 Å². The third-order valence-electron chi connectivity index (χ3n) is 7.65. The Labute approximate surface area is 215 Å². The van der Waals surface area contributed by atoms with E-state index in [1.54, 1.807) is 37.4 Å². The van der Waals surface area contributed by atoms with Crippen LogP contribution in [0.2, 0.25) is 0 Å². The van der Waals surface area contributed by atoms with E-state index in [9.17, 15) is 9.59 Å². The van der Waals surface area contributed by atoms with Gasteiger partial charge in [-0.1, -0.05) is 45.4 Å². The summed E-state index contributed by atoms with van der Waals surface area (Å²) in [4.78, 5) is 28.1. The monoisotopic (exact) mass is 492 g/mol. The Balaban J connectivity index is 1.34. The molecule has 0 aromatic heterocycles. The first-order valence-electron chi connectivity index (χ1n) is 13.6. The number of rotatable bonds is 10. The van der Waals surface area contributed by atoms with E-state index in [2.05, 4.69) is 12.2 Å². The molecule has 1 heterocycles. The Kier molecular flexibility index (Phi) is 9.26. The molecule has 0 spiro atoms. The van der Waals surface area contributed by atoms with Crippen molar-refractivity contribution in [2.45, 2.75) is 64.7 Å². The molecule has 1 aliphatic heterocycles. The number of nitrogens with zero attached hydrogens (tertiary/aromatic N) is 1. The van der Waals surface area contributed by atoms with Crippen LogP contribution >= 0.6 is 0 Å². The van der Waals surface area contributed by atoms with E-state index < -0.39 is 0 Å². The van der Waals surface area contributed by atoms with Crippen LogP contribution < -0.4 is 14.8 Å². The molecule has 2 fully saturated rings. The molecule has 0 bridgehead atoms. The van der Waals surface area contributed by atoms with Gasteiger partial charge in [0, 0.05) is 30.4 Å². The van der Waals surface area contributed by atoms with Crippen molar-refractivity contribution < 1.29 is 19.1 Å². The third-order valence-corrected chi connectivity index (χ3v) is 7.65. The number of methoxy groups -OCH3 is 1. The highest BCUT2D eigenvalue weighted by atomic mass is 16.5. The van der Waals surface area contributed by atoms with Crippen LogP contribution in [-0.4, -0.2) is 43.5 Å². The first kappa shape index (κ1) is 26.1. The molecule has 2 amide bonds. The number of hydrogen-bond acceptors (Lipinski definition) is 4. The molecule has 1 saturated carbocycles. The Morgan fingerprint density at radius 3 is 2.50 bits per heavy atom. The number of carbonyl (C=O) groups excluding carboxylic acids is 2. The van der Waals surface area contributed by atoms with Gasteiger partial charge in [0.05, 0.1) is 19.3 Å². The normalized spacial score (nSPS) is 19.3. The predicted molar refractivity (Wildman–Crippen MR) is 143 cm³/mol. The van der Waals surface area contributed by atoms with Gasteiger partial charge >= 0.3 is 0 Å². The zero-order valence-corrected chi connectivity index (χ0v) is 21.8. The van der Waals surface area contributed by atoms with Gasteiger partial charge in [0.25, 0.3) is 11.8 Å². The third kappa shape index (κ3) is 6.59. The van der Waals surface area contributed by atoms with Gasteiger partial charge in [0.1, 0.15) is 11.5 Å². The molecular weight excluding hydrogens is 452 g/mol. The number of benzene rings is 2. The minimum absolute atomic E-state index is 0.0130. The number of amides is 2. The van der Waals surface area contributed by atoms with Gasteiger partial charge in [-0.25, -0.2) is 0 Å². The van der Waals surface area contributed by atoms with Crippen LogP contribution in [0, 0.1) is 11.8 Å². The molecule has 2 aromatic carbocycles. The molecule has 2 aromatic rings. The molecule has 1 N–H and O–H groups in total. The predicted octanol–water partition coefficient (Wildman–Crippen LogP) is 6.56. The van der Waals surface area contributed by atoms with Crippen LogP contribution in [0.5, 0.6) is 11.5 Å². The van der Waals surface area contributed by atoms with Crippen LogP contribution in [0.3, 0.4) is 0 Å². The first-order valence-corrected chi connectivity index (χ1v) is 13.6. The number of hydrogen-bond donors (Lipinski definition) is 1. The van der Waals surface area contributed by atoms with Gasteiger partial charge in [-0.15, -0.1) is 0 Å². The number of nitrogens with one attached hydrogen (secondary N) is 1. The largest absolute Gasteiger partial charge is 0.496 e. The van der Waals surface area contributed by atoms with E-state index in [-0.39, 0.29) is 11.8 Å². The minimum Gasteiger partial charge on any atom is -0.496 e. The Morgan fingerprint density at radius 2 is 1.75 bits per heavy atom. The minimum atomic E-state index is -0.218. The molecule has 1 aliphatic carbocycles. The van der Waals surface area contributed by atoms with Crippen LogP contribution in [0.25, 0.3) is 0 Å². The van der Waals surface area contributed by atoms with E-state index in [4.69, 9.17) is 9.47 Å². The molecule has 194 valence electrons. The lowest BCUT2D eigenvalue weighted by atomic mass is 9.75. The number of likely N-dealkylation sites (tertiary alicyclic amines) is 1. The fourth-order valence-electron chi connectivity index (χ4n) is 5.53. The second-order valence-corrected chi connectivity index (χ2v) is 10.1. The lowest BCUT2D eigenvalue weighted by Crippen LogP contribution is -2.44. The molecule has 1 saturated heterocycles. The summed E-state index contributed by atoms with van der Waals surface area (Å²) >= 11 is 0. The van der Waals surface area contributed by atoms with Gasteiger partial charge in [-0.3, -0.25) is 9.59 Å². The summed E-state index contributed by atoms with van der Waals surface area (Å²) in [5.41, 5.74) is 1.68. The van der Waals surface area contributed by atoms with Gasteiger partial charge in [0.2, 0.25) is 0 Å². The number of ether oxygens (including phenoxy) is 2. The van der Waals surface area contributed by atoms with Crippen LogP contribution in [0.4, 0.5) is 5.69 Å². The fraction of sp³-hybridized carbons (Fsp3) is 0.533. The summed E-state index contributed by atoms with van der Waals surface area (Å²) in [6.45, 7) is 4.52. The van der Waals surface area contributed by atoms with Crippen molar-refractivity contribution in [2.75, 3.05) is 32.1 Å². The molecule has 0 radical (unpaired) electrons. The van der Waals surface area contributed by atoms with E-state index in [0.29, 0.717) is 35.1 Å². The number of anilines is 1. The molecule has 4 rings (SSSR count). The molecule has 2 atom stereocenters. The summed E-state index contributed by atoms with van der Waals surface area (Å²) in [5, 5.41) is 2.92. The van der Waals surface area contributed by atoms with Gasteiger partial charge in [0.15, 0.2) is 0 Å². The maximum atomic E-state index is 13.3. The van der Waals surface area contributed by atoms with Crippen molar-refractivity contribution in [1.82, 2.24) is 4.90 Å². The maximum Gasteiger partial charge on any atom is 0.257 e. The molecule has 6 heteroatoms. The van der Waals surface area contributed by atoms with E-state index >= 15 is 0 Å². The van der Waals surface area contributed by atoms with Gasteiger partial charge < -0.3 is 19.7 Å². The lowest BCUT2D eigenvalue weighted by molar-refractivity contribution is 0.0518. The average molecular weight is 493 g/mol. The first-order chi connectivity index (χ1) is 17.6. The number of unbranched alkanes of at least 4 members (excludes halogenated alkanes) is 3. The molecule has 36 heavy (non-hydrogen) atoms. The Bertz CT molecular complexity index is 1020. The summed E-state index contributed by atoms with van der Waals surface area (Å²) in [7, 11) is 1.56. The molecule has 2 aliphatic rings. The quantitative estimate of drug-likeness (QED) is 0.382. The van der Waals surface area contributed by atoms with Crippen LogP contribution in [-0.2, 0) is 0 Å². The second kappa shape index (κ2) is 12.8. The lowest BCUT2D eigenvalue weighted by Gasteiger charge is -2.41. The number of carbonyl (C=O) groups is 2. The number of piperidine rings is 1. The summed E-state index contributed by atoms with van der Waals surface area (Å²) in [6.07, 6.45) is 10.9. The Morgan fingerprint density at radius 1 is 0.972 bits per heavy atom. The molecular formula is C30H40N2O4. The maximum absolute atomic E-state index is 13.3. The van der Waals surface area contributed by atoms with E-state index in [1.807, 2.05) is 17.0 Å². The SMILES string of the molecule is CCCCCCOc1ccc(C(=O)Nc2ccc(C(=O)N3CCC4CCCCC4C3)c(OC)c2)cc1. The van der Waals surface area contributed by atoms with Crippen LogP contribution in [0.1, 0.15) is 85.4 Å². The second-order valence-electron chi connectivity index (χ2n) is 10.1. The highest BCUT2D eigenvalue weighted by Crippen LogP contribution is 2.37. The van der Waals surface area contributed by atoms with E-state index in [0.717, 1.165) is 37.6 Å². The fourth-order valence-corrected chi connectivity index (χ4v) is 5.53. The standard InChI is InChI=1S/C30H40N2O4/c1-3-4-5-8-19-36-26-14-11-23(12-15-26)29(33)31-25-13-16-27(28(20-25)35-2)30(34)32-18-17-22-9-6-7-10-24(22)21-32/h11-16,20,22,24H,3-10,17-19,21H2,1-2H3,(H,31,33). The van der Waals surface area contributed by atoms with Gasteiger partial charge in [-0.05, 0) is 67.5 Å².